The standard InChI is InChI=1S/C16H10N2O5S2/c19-15(12-5-2-6-24-12)17-11-8-13(25-14(11)16(20)21)9-3-1-4-10(7-9)18(22)23/h1-8H,(H,17,19)(H,20,21). The lowest BCUT2D eigenvalue weighted by Crippen LogP contribution is -2.11. The number of aromatic carboxylic acids is 1. The molecule has 2 N–H and O–H groups in total. The zero-order valence-corrected chi connectivity index (χ0v) is 14.1. The number of non-ortho nitro benzene ring substituents is 1. The Bertz CT molecular complexity index is 963. The number of nitrogens with zero attached hydrogens (tertiary/aromatic N) is 1. The second-order valence-corrected chi connectivity index (χ2v) is 6.90. The normalized spacial score (nSPS) is 10.4. The highest BCUT2D eigenvalue weighted by atomic mass is 32.1. The van der Waals surface area contributed by atoms with Gasteiger partial charge in [0.2, 0.25) is 0 Å². The number of carbonyl (C=O) groups excluding carboxylic acids is 1. The van der Waals surface area contributed by atoms with E-state index in [0.717, 1.165) is 11.3 Å². The van der Waals surface area contributed by atoms with Crippen LogP contribution in [0.3, 0.4) is 0 Å². The zero-order valence-electron chi connectivity index (χ0n) is 12.5. The number of thiophene rings is 2. The van der Waals surface area contributed by atoms with Crippen molar-refractivity contribution in [3.8, 4) is 10.4 Å². The van der Waals surface area contributed by atoms with Gasteiger partial charge in [0.1, 0.15) is 4.88 Å². The number of hydrogen-bond donors (Lipinski definition) is 2. The van der Waals surface area contributed by atoms with E-state index in [4.69, 9.17) is 0 Å². The van der Waals surface area contributed by atoms with Crippen LogP contribution < -0.4 is 5.32 Å². The summed E-state index contributed by atoms with van der Waals surface area (Å²) in [5, 5.41) is 24.6. The minimum absolute atomic E-state index is 0.0357. The van der Waals surface area contributed by atoms with Gasteiger partial charge in [-0.25, -0.2) is 4.79 Å². The number of carboxylic acid groups (broad SMARTS) is 1. The molecular weight excluding hydrogens is 364 g/mol. The Hall–Kier alpha value is -3.04. The summed E-state index contributed by atoms with van der Waals surface area (Å²) in [6.07, 6.45) is 0. The number of anilines is 1. The highest BCUT2D eigenvalue weighted by Crippen LogP contribution is 2.36. The first-order chi connectivity index (χ1) is 12.0. The van der Waals surface area contributed by atoms with E-state index in [2.05, 4.69) is 5.32 Å². The van der Waals surface area contributed by atoms with E-state index >= 15 is 0 Å². The van der Waals surface area contributed by atoms with E-state index in [1.54, 1.807) is 23.6 Å². The van der Waals surface area contributed by atoms with Crippen LogP contribution in [0.4, 0.5) is 11.4 Å². The van der Waals surface area contributed by atoms with Crippen molar-refractivity contribution in [3.63, 3.8) is 0 Å². The number of carbonyl (C=O) groups is 2. The molecule has 1 aromatic carbocycles. The van der Waals surface area contributed by atoms with Crippen LogP contribution in [0.2, 0.25) is 0 Å². The van der Waals surface area contributed by atoms with Gasteiger partial charge in [0.05, 0.1) is 15.5 Å². The smallest absolute Gasteiger partial charge is 0.348 e. The maximum absolute atomic E-state index is 12.2. The van der Waals surface area contributed by atoms with Crippen molar-refractivity contribution in [2.45, 2.75) is 0 Å². The van der Waals surface area contributed by atoms with E-state index in [0.29, 0.717) is 15.3 Å². The molecule has 1 amide bonds. The van der Waals surface area contributed by atoms with Gasteiger partial charge in [-0.15, -0.1) is 22.7 Å². The second kappa shape index (κ2) is 6.83. The zero-order chi connectivity index (χ0) is 18.0. The highest BCUT2D eigenvalue weighted by molar-refractivity contribution is 7.18. The summed E-state index contributed by atoms with van der Waals surface area (Å²) >= 11 is 2.19. The molecule has 3 aromatic rings. The lowest BCUT2D eigenvalue weighted by Gasteiger charge is -2.01. The Morgan fingerprint density at radius 1 is 1.16 bits per heavy atom. The van der Waals surface area contributed by atoms with Gasteiger partial charge in [-0.3, -0.25) is 14.9 Å². The Labute approximate surface area is 149 Å². The van der Waals surface area contributed by atoms with Gasteiger partial charge in [-0.05, 0) is 23.1 Å². The number of nitro benzene ring substituents is 1. The first-order valence-corrected chi connectivity index (χ1v) is 8.62. The molecule has 0 bridgehead atoms. The second-order valence-electron chi connectivity index (χ2n) is 4.90. The molecule has 25 heavy (non-hydrogen) atoms. The van der Waals surface area contributed by atoms with Crippen LogP contribution in [0, 0.1) is 10.1 Å². The Kier molecular flexibility index (Phi) is 4.59. The molecule has 0 aliphatic rings. The first-order valence-electron chi connectivity index (χ1n) is 6.92. The number of rotatable bonds is 5. The van der Waals surface area contributed by atoms with Gasteiger partial charge in [0, 0.05) is 17.0 Å². The van der Waals surface area contributed by atoms with Crippen LogP contribution in [0.15, 0.2) is 47.8 Å². The molecule has 2 aromatic heterocycles. The monoisotopic (exact) mass is 374 g/mol. The van der Waals surface area contributed by atoms with Crippen LogP contribution in [-0.4, -0.2) is 21.9 Å². The Morgan fingerprint density at radius 2 is 1.96 bits per heavy atom. The van der Waals surface area contributed by atoms with Crippen molar-refractivity contribution in [1.82, 2.24) is 0 Å². The van der Waals surface area contributed by atoms with E-state index in [9.17, 15) is 24.8 Å². The minimum atomic E-state index is -1.18. The van der Waals surface area contributed by atoms with Crippen molar-refractivity contribution in [1.29, 1.82) is 0 Å². The number of carboxylic acids is 1. The van der Waals surface area contributed by atoms with Gasteiger partial charge < -0.3 is 10.4 Å². The fourth-order valence-electron chi connectivity index (χ4n) is 2.15. The molecule has 0 saturated carbocycles. The lowest BCUT2D eigenvalue weighted by molar-refractivity contribution is -0.384. The summed E-state index contributed by atoms with van der Waals surface area (Å²) < 4.78 is 0. The van der Waals surface area contributed by atoms with Gasteiger partial charge >= 0.3 is 5.97 Å². The fraction of sp³-hybridized carbons (Fsp3) is 0. The average molecular weight is 374 g/mol. The number of amides is 1. The summed E-state index contributed by atoms with van der Waals surface area (Å²) in [4.78, 5) is 34.9. The predicted molar refractivity (Wildman–Crippen MR) is 95.6 cm³/mol. The minimum Gasteiger partial charge on any atom is -0.477 e. The van der Waals surface area contributed by atoms with Crippen LogP contribution in [0.5, 0.6) is 0 Å². The van der Waals surface area contributed by atoms with Crippen molar-refractivity contribution in [2.75, 3.05) is 5.32 Å². The molecule has 0 spiro atoms. The topological polar surface area (TPSA) is 110 Å². The number of benzene rings is 1. The molecule has 0 radical (unpaired) electrons. The fourth-order valence-corrected chi connectivity index (χ4v) is 3.72. The van der Waals surface area contributed by atoms with E-state index < -0.39 is 16.8 Å². The molecule has 9 heteroatoms. The van der Waals surface area contributed by atoms with Gasteiger partial charge in [0.25, 0.3) is 11.6 Å². The van der Waals surface area contributed by atoms with E-state index in [-0.39, 0.29) is 16.3 Å². The average Bonchev–Trinajstić information content (AvgIpc) is 3.24. The van der Waals surface area contributed by atoms with Gasteiger partial charge in [-0.2, -0.15) is 0 Å². The number of nitro groups is 1. The molecule has 0 fully saturated rings. The molecule has 0 aliphatic heterocycles. The quantitative estimate of drug-likeness (QED) is 0.510. The number of hydrogen-bond acceptors (Lipinski definition) is 6. The third-order valence-corrected chi connectivity index (χ3v) is 5.30. The third-order valence-electron chi connectivity index (χ3n) is 3.26. The van der Waals surface area contributed by atoms with Crippen molar-refractivity contribution in [2.24, 2.45) is 0 Å². The van der Waals surface area contributed by atoms with Crippen molar-refractivity contribution < 1.29 is 19.6 Å². The number of nitrogens with one attached hydrogen (secondary N) is 1. The maximum Gasteiger partial charge on any atom is 0.348 e. The molecule has 0 atom stereocenters. The Morgan fingerprint density at radius 3 is 2.60 bits per heavy atom. The summed E-state index contributed by atoms with van der Waals surface area (Å²) in [6.45, 7) is 0. The summed E-state index contributed by atoms with van der Waals surface area (Å²) in [6, 6.07) is 10.8. The van der Waals surface area contributed by atoms with Gasteiger partial charge in [0.15, 0.2) is 0 Å². The van der Waals surface area contributed by atoms with Crippen LogP contribution in [-0.2, 0) is 0 Å². The molecule has 0 aliphatic carbocycles. The molecule has 3 rings (SSSR count). The van der Waals surface area contributed by atoms with Crippen molar-refractivity contribution >= 4 is 45.9 Å². The summed E-state index contributed by atoms with van der Waals surface area (Å²) in [5.74, 6) is -1.58. The lowest BCUT2D eigenvalue weighted by atomic mass is 10.1. The molecule has 126 valence electrons. The largest absolute Gasteiger partial charge is 0.477 e. The van der Waals surface area contributed by atoms with Crippen LogP contribution in [0.1, 0.15) is 19.3 Å². The Balaban J connectivity index is 1.97. The maximum atomic E-state index is 12.2. The molecule has 0 saturated heterocycles. The molecule has 2 heterocycles. The van der Waals surface area contributed by atoms with E-state index in [1.165, 1.54) is 35.6 Å². The molecule has 0 unspecified atom stereocenters. The summed E-state index contributed by atoms with van der Waals surface area (Å²) in [5.41, 5.74) is 0.586. The van der Waals surface area contributed by atoms with Gasteiger partial charge in [-0.1, -0.05) is 18.2 Å². The predicted octanol–water partition coefficient (Wildman–Crippen LogP) is 4.34. The highest BCUT2D eigenvalue weighted by Gasteiger charge is 2.20. The third kappa shape index (κ3) is 3.57. The van der Waals surface area contributed by atoms with Crippen molar-refractivity contribution in [3.05, 3.63) is 67.7 Å². The van der Waals surface area contributed by atoms with E-state index in [1.807, 2.05) is 0 Å². The molecular formula is C16H10N2O5S2. The van der Waals surface area contributed by atoms with Crippen LogP contribution >= 0.6 is 22.7 Å². The molecule has 7 nitrogen and oxygen atoms in total. The SMILES string of the molecule is O=C(Nc1cc(-c2cccc([N+](=O)[O-])c2)sc1C(=O)O)c1cccs1. The first kappa shape index (κ1) is 16.8. The van der Waals surface area contributed by atoms with Crippen LogP contribution in [0.25, 0.3) is 10.4 Å². The summed E-state index contributed by atoms with van der Waals surface area (Å²) in [7, 11) is 0.